The van der Waals surface area contributed by atoms with Crippen LogP contribution < -0.4 is 5.43 Å². The maximum atomic E-state index is 5.16. The zero-order chi connectivity index (χ0) is 15.8. The molecule has 0 radical (unpaired) electrons. The summed E-state index contributed by atoms with van der Waals surface area (Å²) in [4.78, 5) is 4.48. The summed E-state index contributed by atoms with van der Waals surface area (Å²) < 4.78 is 8.13. The van der Waals surface area contributed by atoms with Crippen molar-refractivity contribution in [3.63, 3.8) is 0 Å². The van der Waals surface area contributed by atoms with Crippen LogP contribution in [-0.4, -0.2) is 26.0 Å². The first-order valence-electron chi connectivity index (χ1n) is 6.83. The van der Waals surface area contributed by atoms with E-state index in [1.807, 2.05) is 29.8 Å². The number of hydrogen-bond acceptors (Lipinski definition) is 6. The van der Waals surface area contributed by atoms with Gasteiger partial charge in [0.15, 0.2) is 5.65 Å². The van der Waals surface area contributed by atoms with E-state index in [1.165, 1.54) is 0 Å². The van der Waals surface area contributed by atoms with Crippen LogP contribution >= 0.6 is 15.9 Å². The molecular weight excluding hydrogens is 360 g/mol. The molecule has 0 spiro atoms. The van der Waals surface area contributed by atoms with Gasteiger partial charge in [0.25, 0.3) is 5.95 Å². The Hall–Kier alpha value is -2.74. The molecule has 0 aliphatic carbocycles. The van der Waals surface area contributed by atoms with Gasteiger partial charge in [0, 0.05) is 16.9 Å². The van der Waals surface area contributed by atoms with Crippen molar-refractivity contribution >= 4 is 50.2 Å². The molecule has 114 valence electrons. The minimum atomic E-state index is 0.324. The first kappa shape index (κ1) is 13.9. The number of rotatable bonds is 3. The van der Waals surface area contributed by atoms with Crippen molar-refractivity contribution in [1.29, 1.82) is 0 Å². The summed E-state index contributed by atoms with van der Waals surface area (Å²) in [6.07, 6.45) is 3.13. The third kappa shape index (κ3) is 2.46. The largest absolute Gasteiger partial charge is 0.463 e. The van der Waals surface area contributed by atoms with Crippen molar-refractivity contribution in [2.75, 3.05) is 5.43 Å². The van der Waals surface area contributed by atoms with Crippen LogP contribution in [-0.2, 0) is 7.05 Å². The molecule has 0 unspecified atom stereocenters. The van der Waals surface area contributed by atoms with E-state index in [-0.39, 0.29) is 0 Å². The Bertz CT molecular complexity index is 1020. The molecule has 0 aliphatic rings. The predicted molar refractivity (Wildman–Crippen MR) is 91.4 cm³/mol. The van der Waals surface area contributed by atoms with Gasteiger partial charge in [-0.1, -0.05) is 15.9 Å². The first-order valence-corrected chi connectivity index (χ1v) is 7.62. The molecule has 0 saturated carbocycles. The molecule has 0 atom stereocenters. The van der Waals surface area contributed by atoms with Crippen LogP contribution in [0, 0.1) is 0 Å². The van der Waals surface area contributed by atoms with Crippen LogP contribution in [0.5, 0.6) is 0 Å². The lowest BCUT2D eigenvalue weighted by Gasteiger charge is -1.99. The molecule has 7 nitrogen and oxygen atoms in total. The first-order chi connectivity index (χ1) is 11.2. The van der Waals surface area contributed by atoms with Crippen molar-refractivity contribution in [3.05, 3.63) is 46.8 Å². The number of benzene rings is 1. The monoisotopic (exact) mass is 370 g/mol. The molecule has 4 rings (SSSR count). The zero-order valence-corrected chi connectivity index (χ0v) is 13.6. The third-order valence-corrected chi connectivity index (χ3v) is 3.95. The van der Waals surface area contributed by atoms with Crippen LogP contribution in [0.25, 0.3) is 22.1 Å². The Labute approximate surface area is 139 Å². The summed E-state index contributed by atoms with van der Waals surface area (Å²) in [6.45, 7) is 0. The molecule has 0 bridgehead atoms. The highest BCUT2D eigenvalue weighted by molar-refractivity contribution is 9.10. The second kappa shape index (κ2) is 5.47. The van der Waals surface area contributed by atoms with Gasteiger partial charge < -0.3 is 8.98 Å². The number of furan rings is 1. The summed E-state index contributed by atoms with van der Waals surface area (Å²) in [5, 5.41) is 13.4. The van der Waals surface area contributed by atoms with Gasteiger partial charge in [0.2, 0.25) is 0 Å². The van der Waals surface area contributed by atoms with Gasteiger partial charge >= 0.3 is 0 Å². The number of fused-ring (bicyclic) bond motifs is 3. The fourth-order valence-corrected chi connectivity index (χ4v) is 2.76. The lowest BCUT2D eigenvalue weighted by Crippen LogP contribution is -2.00. The molecule has 1 N–H and O–H groups in total. The minimum Gasteiger partial charge on any atom is -0.463 e. The molecule has 0 amide bonds. The van der Waals surface area contributed by atoms with E-state index >= 15 is 0 Å². The maximum absolute atomic E-state index is 5.16. The second-order valence-corrected chi connectivity index (χ2v) is 5.83. The number of anilines is 1. The van der Waals surface area contributed by atoms with Gasteiger partial charge in [0.05, 0.1) is 18.0 Å². The summed E-state index contributed by atoms with van der Waals surface area (Å²) >= 11 is 3.48. The van der Waals surface area contributed by atoms with E-state index in [0.717, 1.165) is 26.5 Å². The van der Waals surface area contributed by atoms with Crippen molar-refractivity contribution in [2.45, 2.75) is 0 Å². The number of nitrogens with zero attached hydrogens (tertiary/aromatic N) is 5. The molecule has 4 aromatic rings. The van der Waals surface area contributed by atoms with Gasteiger partial charge in [-0.05, 0) is 30.3 Å². The van der Waals surface area contributed by atoms with Gasteiger partial charge in [-0.3, -0.25) is 0 Å². The number of aromatic nitrogens is 4. The van der Waals surface area contributed by atoms with Gasteiger partial charge in [-0.25, -0.2) is 5.43 Å². The predicted octanol–water partition coefficient (Wildman–Crippen LogP) is 3.32. The summed E-state index contributed by atoms with van der Waals surface area (Å²) in [5.41, 5.74) is 5.30. The van der Waals surface area contributed by atoms with E-state index in [1.54, 1.807) is 24.6 Å². The number of aryl methyl sites for hydroxylation is 1. The summed E-state index contributed by atoms with van der Waals surface area (Å²) in [6, 6.07) is 9.61. The van der Waals surface area contributed by atoms with Gasteiger partial charge in [-0.15, -0.1) is 10.2 Å². The Morgan fingerprint density at radius 3 is 3.04 bits per heavy atom. The summed E-state index contributed by atoms with van der Waals surface area (Å²) in [7, 11) is 1.95. The van der Waals surface area contributed by atoms with Crippen molar-refractivity contribution in [2.24, 2.45) is 12.1 Å². The number of halogens is 1. The highest BCUT2D eigenvalue weighted by atomic mass is 79.9. The topological polar surface area (TPSA) is 81.1 Å². The molecule has 1 aromatic carbocycles. The highest BCUT2D eigenvalue weighted by Crippen LogP contribution is 2.27. The number of nitrogens with one attached hydrogen (secondary N) is 1. The number of hydrazone groups is 1. The van der Waals surface area contributed by atoms with Crippen LogP contribution in [0.4, 0.5) is 5.95 Å². The fraction of sp³-hybridized carbons (Fsp3) is 0.0667. The molecule has 0 fully saturated rings. The Morgan fingerprint density at radius 2 is 2.22 bits per heavy atom. The molecule has 23 heavy (non-hydrogen) atoms. The molecular formula is C15H11BrN6O. The SMILES string of the molecule is Cn1c2ccc(Br)cc2c2nnc(N/N=C/c3ccco3)nc21. The van der Waals surface area contributed by atoms with Gasteiger partial charge in [0.1, 0.15) is 11.3 Å². The Morgan fingerprint density at radius 1 is 1.30 bits per heavy atom. The summed E-state index contributed by atoms with van der Waals surface area (Å²) in [5.74, 6) is 0.964. The number of hydrogen-bond donors (Lipinski definition) is 1. The van der Waals surface area contributed by atoms with E-state index in [2.05, 4.69) is 41.6 Å². The van der Waals surface area contributed by atoms with Crippen LogP contribution in [0.3, 0.4) is 0 Å². The standard InChI is InChI=1S/C15H11BrN6O/c1-22-12-5-4-9(16)7-11(12)13-14(22)18-15(21-19-13)20-17-8-10-3-2-6-23-10/h2-8H,1H3,(H,18,20,21)/b17-8+. The van der Waals surface area contributed by atoms with Crippen LogP contribution in [0.2, 0.25) is 0 Å². The molecule has 0 saturated heterocycles. The van der Waals surface area contributed by atoms with E-state index < -0.39 is 0 Å². The second-order valence-electron chi connectivity index (χ2n) is 4.91. The average Bonchev–Trinajstić information content (AvgIpc) is 3.15. The van der Waals surface area contributed by atoms with Crippen molar-refractivity contribution in [1.82, 2.24) is 19.7 Å². The van der Waals surface area contributed by atoms with E-state index in [4.69, 9.17) is 4.42 Å². The molecule has 8 heteroatoms. The minimum absolute atomic E-state index is 0.324. The van der Waals surface area contributed by atoms with Crippen molar-refractivity contribution in [3.8, 4) is 0 Å². The van der Waals surface area contributed by atoms with Crippen molar-refractivity contribution < 1.29 is 4.42 Å². The Kier molecular flexibility index (Phi) is 3.30. The quantitative estimate of drug-likeness (QED) is 0.441. The fourth-order valence-electron chi connectivity index (χ4n) is 2.40. The third-order valence-electron chi connectivity index (χ3n) is 3.46. The lowest BCUT2D eigenvalue weighted by molar-refractivity contribution is 0.560. The van der Waals surface area contributed by atoms with E-state index in [9.17, 15) is 0 Å². The lowest BCUT2D eigenvalue weighted by atomic mass is 10.2. The van der Waals surface area contributed by atoms with Gasteiger partial charge in [-0.2, -0.15) is 10.1 Å². The smallest absolute Gasteiger partial charge is 0.265 e. The van der Waals surface area contributed by atoms with Crippen LogP contribution in [0.15, 0.2) is 50.6 Å². The average molecular weight is 371 g/mol. The normalized spacial score (nSPS) is 11.7. The zero-order valence-electron chi connectivity index (χ0n) is 12.1. The highest BCUT2D eigenvalue weighted by Gasteiger charge is 2.12. The molecule has 3 heterocycles. The van der Waals surface area contributed by atoms with Crippen LogP contribution in [0.1, 0.15) is 5.76 Å². The maximum Gasteiger partial charge on any atom is 0.265 e. The Balaban J connectivity index is 1.73. The van der Waals surface area contributed by atoms with E-state index in [0.29, 0.717) is 11.7 Å². The molecule has 3 aromatic heterocycles. The molecule has 0 aliphatic heterocycles.